The average Bonchev–Trinajstić information content (AvgIpc) is 3.31. The van der Waals surface area contributed by atoms with E-state index < -0.39 is 0 Å². The van der Waals surface area contributed by atoms with Crippen LogP contribution in [0.2, 0.25) is 0 Å². The van der Waals surface area contributed by atoms with E-state index in [9.17, 15) is 0 Å². The van der Waals surface area contributed by atoms with Crippen LogP contribution >= 0.6 is 0 Å². The van der Waals surface area contributed by atoms with Crippen molar-refractivity contribution in [3.05, 3.63) is 54.1 Å². The Morgan fingerprint density at radius 1 is 1.21 bits per heavy atom. The normalized spacial score (nSPS) is 20.7. The van der Waals surface area contributed by atoms with E-state index in [-0.39, 0.29) is 0 Å². The number of nitrogens with one attached hydrogen (secondary N) is 2. The Bertz CT molecular complexity index is 735. The van der Waals surface area contributed by atoms with Gasteiger partial charge in [-0.2, -0.15) is 0 Å². The summed E-state index contributed by atoms with van der Waals surface area (Å²) < 4.78 is 2.07. The first-order chi connectivity index (χ1) is 13.5. The summed E-state index contributed by atoms with van der Waals surface area (Å²) in [6, 6.07) is 9.71. The Morgan fingerprint density at radius 2 is 1.96 bits per heavy atom. The molecule has 0 amide bonds. The molecule has 2 unspecified atom stereocenters. The predicted octanol–water partition coefficient (Wildman–Crippen LogP) is 2.72. The van der Waals surface area contributed by atoms with Crippen molar-refractivity contribution in [1.29, 1.82) is 0 Å². The first-order valence-corrected chi connectivity index (χ1v) is 10.4. The number of imidazole rings is 1. The topological polar surface area (TPSA) is 57.5 Å². The number of rotatable bonds is 7. The van der Waals surface area contributed by atoms with Crippen LogP contribution in [0.25, 0.3) is 0 Å². The summed E-state index contributed by atoms with van der Waals surface area (Å²) in [7, 11) is 0. The lowest BCUT2D eigenvalue weighted by Crippen LogP contribution is -2.46. The molecule has 152 valence electrons. The Hall–Kier alpha value is -2.34. The van der Waals surface area contributed by atoms with Gasteiger partial charge in [-0.05, 0) is 37.8 Å². The van der Waals surface area contributed by atoms with E-state index in [0.717, 1.165) is 32.1 Å². The molecule has 1 aromatic carbocycles. The Morgan fingerprint density at radius 3 is 2.57 bits per heavy atom. The third-order valence-electron chi connectivity index (χ3n) is 5.40. The number of aliphatic imine (C=N–C) groups is 1. The number of guanidine groups is 1. The van der Waals surface area contributed by atoms with Crippen molar-refractivity contribution in [3.63, 3.8) is 0 Å². The van der Waals surface area contributed by atoms with Gasteiger partial charge >= 0.3 is 0 Å². The first-order valence-electron chi connectivity index (χ1n) is 10.4. The third kappa shape index (κ3) is 5.58. The zero-order valence-corrected chi connectivity index (χ0v) is 17.6. The van der Waals surface area contributed by atoms with Gasteiger partial charge in [0.05, 0.1) is 12.9 Å². The lowest BCUT2D eigenvalue weighted by Gasteiger charge is -2.22. The van der Waals surface area contributed by atoms with E-state index in [2.05, 4.69) is 77.0 Å². The Balaban J connectivity index is 1.58. The highest BCUT2D eigenvalue weighted by atomic mass is 15.3. The molecule has 2 atom stereocenters. The minimum absolute atomic E-state index is 0.442. The smallest absolute Gasteiger partial charge is 0.191 e. The van der Waals surface area contributed by atoms with E-state index >= 15 is 0 Å². The summed E-state index contributed by atoms with van der Waals surface area (Å²) >= 11 is 0. The van der Waals surface area contributed by atoms with Crippen molar-refractivity contribution >= 4 is 5.96 Å². The molecule has 1 aromatic heterocycles. The van der Waals surface area contributed by atoms with Crippen LogP contribution < -0.4 is 10.6 Å². The molecule has 1 saturated heterocycles. The fourth-order valence-electron chi connectivity index (χ4n) is 3.62. The summed E-state index contributed by atoms with van der Waals surface area (Å²) in [5, 5.41) is 7.05. The summed E-state index contributed by atoms with van der Waals surface area (Å²) in [6.07, 6.45) is 5.64. The van der Waals surface area contributed by atoms with Gasteiger partial charge in [0.25, 0.3) is 0 Å². The van der Waals surface area contributed by atoms with Gasteiger partial charge in [0.2, 0.25) is 0 Å². The zero-order valence-electron chi connectivity index (χ0n) is 17.6. The lowest BCUT2D eigenvalue weighted by atomic mass is 10.1. The molecule has 2 N–H and O–H groups in total. The second-order valence-electron chi connectivity index (χ2n) is 8.02. The molecule has 0 aliphatic carbocycles. The molecule has 6 nitrogen and oxygen atoms in total. The summed E-state index contributed by atoms with van der Waals surface area (Å²) in [5.41, 5.74) is 2.49. The van der Waals surface area contributed by atoms with Crippen molar-refractivity contribution in [2.75, 3.05) is 19.6 Å². The van der Waals surface area contributed by atoms with Crippen LogP contribution in [-0.4, -0.2) is 52.1 Å². The maximum absolute atomic E-state index is 4.82. The van der Waals surface area contributed by atoms with Crippen LogP contribution in [0.1, 0.15) is 38.8 Å². The second kappa shape index (κ2) is 9.73. The van der Waals surface area contributed by atoms with Crippen LogP contribution in [0.4, 0.5) is 0 Å². The van der Waals surface area contributed by atoms with Gasteiger partial charge in [0, 0.05) is 50.7 Å². The molecule has 3 rings (SSSR count). The van der Waals surface area contributed by atoms with Gasteiger partial charge in [-0.25, -0.2) is 9.98 Å². The minimum Gasteiger partial charge on any atom is -0.357 e. The van der Waals surface area contributed by atoms with Crippen LogP contribution in [0, 0.1) is 5.92 Å². The number of aromatic nitrogens is 2. The first kappa shape index (κ1) is 20.4. The predicted molar refractivity (Wildman–Crippen MR) is 115 cm³/mol. The maximum Gasteiger partial charge on any atom is 0.191 e. The van der Waals surface area contributed by atoms with E-state index in [1.807, 2.05) is 18.7 Å². The third-order valence-corrected chi connectivity index (χ3v) is 5.40. The second-order valence-corrected chi connectivity index (χ2v) is 8.02. The number of likely N-dealkylation sites (tertiary alicyclic amines) is 1. The minimum atomic E-state index is 0.442. The highest BCUT2D eigenvalue weighted by Crippen LogP contribution is 2.18. The van der Waals surface area contributed by atoms with E-state index in [4.69, 9.17) is 4.99 Å². The summed E-state index contributed by atoms with van der Waals surface area (Å²) in [5.74, 6) is 1.53. The molecular weight excluding hydrogens is 348 g/mol. The molecule has 6 heteroatoms. The molecule has 0 bridgehead atoms. The van der Waals surface area contributed by atoms with Crippen molar-refractivity contribution in [1.82, 2.24) is 25.1 Å². The fourth-order valence-corrected chi connectivity index (χ4v) is 3.62. The maximum atomic E-state index is 4.82. The standard InChI is InChI=1S/C22H34N6/c1-5-24-22(26-21-15-28(17(2)3)13-18(21)4)25-12-19-6-8-20(9-7-19)14-27-11-10-23-16-27/h6-11,16-18,21H,5,12-15H2,1-4H3,(H2,24,25,26). The lowest BCUT2D eigenvalue weighted by molar-refractivity contribution is 0.265. The molecule has 1 aliphatic heterocycles. The van der Waals surface area contributed by atoms with Crippen molar-refractivity contribution in [2.45, 2.75) is 52.9 Å². The fraction of sp³-hybridized carbons (Fsp3) is 0.545. The van der Waals surface area contributed by atoms with Crippen molar-refractivity contribution in [2.24, 2.45) is 10.9 Å². The van der Waals surface area contributed by atoms with Gasteiger partial charge in [0.15, 0.2) is 5.96 Å². The zero-order chi connectivity index (χ0) is 19.9. The molecular formula is C22H34N6. The molecule has 1 aliphatic rings. The number of nitrogens with zero attached hydrogens (tertiary/aromatic N) is 4. The Kier molecular flexibility index (Phi) is 7.09. The van der Waals surface area contributed by atoms with Gasteiger partial charge < -0.3 is 15.2 Å². The van der Waals surface area contributed by atoms with Gasteiger partial charge in [-0.15, -0.1) is 0 Å². The van der Waals surface area contributed by atoms with Gasteiger partial charge in [0.1, 0.15) is 0 Å². The number of hydrogen-bond donors (Lipinski definition) is 2. The monoisotopic (exact) mass is 382 g/mol. The molecule has 0 spiro atoms. The summed E-state index contributed by atoms with van der Waals surface area (Å²) in [6.45, 7) is 13.6. The molecule has 1 fully saturated rings. The molecule has 2 heterocycles. The van der Waals surface area contributed by atoms with Crippen LogP contribution in [0.3, 0.4) is 0 Å². The van der Waals surface area contributed by atoms with E-state index in [1.54, 1.807) is 0 Å². The highest BCUT2D eigenvalue weighted by molar-refractivity contribution is 5.80. The van der Waals surface area contributed by atoms with Gasteiger partial charge in [-0.3, -0.25) is 4.90 Å². The highest BCUT2D eigenvalue weighted by Gasteiger charge is 2.31. The number of benzene rings is 1. The molecule has 28 heavy (non-hydrogen) atoms. The molecule has 0 radical (unpaired) electrons. The van der Waals surface area contributed by atoms with Crippen molar-refractivity contribution in [3.8, 4) is 0 Å². The molecule has 0 saturated carbocycles. The Labute approximate surface area is 169 Å². The SMILES string of the molecule is CCNC(=NCc1ccc(Cn2ccnc2)cc1)NC1CN(C(C)C)CC1C. The molecule has 2 aromatic rings. The van der Waals surface area contributed by atoms with Crippen LogP contribution in [-0.2, 0) is 13.1 Å². The average molecular weight is 383 g/mol. The van der Waals surface area contributed by atoms with Crippen molar-refractivity contribution < 1.29 is 0 Å². The number of hydrogen-bond acceptors (Lipinski definition) is 3. The quantitative estimate of drug-likeness (QED) is 0.571. The largest absolute Gasteiger partial charge is 0.357 e. The van der Waals surface area contributed by atoms with E-state index in [1.165, 1.54) is 11.1 Å². The van der Waals surface area contributed by atoms with Crippen LogP contribution in [0.5, 0.6) is 0 Å². The van der Waals surface area contributed by atoms with Crippen LogP contribution in [0.15, 0.2) is 48.0 Å². The summed E-state index contributed by atoms with van der Waals surface area (Å²) in [4.78, 5) is 11.4. The van der Waals surface area contributed by atoms with E-state index in [0.29, 0.717) is 24.5 Å². The van der Waals surface area contributed by atoms with Gasteiger partial charge in [-0.1, -0.05) is 31.2 Å².